The number of fused-ring (bicyclic) bond motifs is 1. The average Bonchev–Trinajstić information content (AvgIpc) is 3.28. The molecule has 1 amide bonds. The van der Waals surface area contributed by atoms with Gasteiger partial charge in [0.15, 0.2) is 0 Å². The van der Waals surface area contributed by atoms with Gasteiger partial charge >= 0.3 is 0 Å². The molecule has 6 nitrogen and oxygen atoms in total. The molecule has 1 saturated carbocycles. The van der Waals surface area contributed by atoms with Gasteiger partial charge in [-0.2, -0.15) is 0 Å². The van der Waals surface area contributed by atoms with Crippen molar-refractivity contribution in [1.82, 2.24) is 19.7 Å². The van der Waals surface area contributed by atoms with Crippen LogP contribution in [-0.4, -0.2) is 81.1 Å². The number of carbonyl (C=O) groups excluding carboxylic acids is 1. The number of aromatic nitrogens is 1. The SMILES string of the molecule is O=C(Cc1ccc(Cl)c(Cl)c1)N1CCN(Cc2cccnc2)[C@H]2CCC[C@@H](N3CCC(O)C3)[C@@H]21. The molecule has 182 valence electrons. The molecule has 2 aromatic rings. The van der Waals surface area contributed by atoms with E-state index >= 15 is 0 Å². The van der Waals surface area contributed by atoms with Gasteiger partial charge in [0.2, 0.25) is 5.91 Å². The quantitative estimate of drug-likeness (QED) is 0.676. The van der Waals surface area contributed by atoms with Crippen LogP contribution in [-0.2, 0) is 17.8 Å². The smallest absolute Gasteiger partial charge is 0.227 e. The third kappa shape index (κ3) is 5.12. The lowest BCUT2D eigenvalue weighted by molar-refractivity contribution is -0.143. The van der Waals surface area contributed by atoms with Crippen molar-refractivity contribution in [2.75, 3.05) is 26.2 Å². The van der Waals surface area contributed by atoms with E-state index in [1.165, 1.54) is 5.56 Å². The normalized spacial score (nSPS) is 28.1. The van der Waals surface area contributed by atoms with E-state index in [-0.39, 0.29) is 24.1 Å². The number of rotatable bonds is 5. The summed E-state index contributed by atoms with van der Waals surface area (Å²) in [6.07, 6.45) is 7.88. The molecule has 1 aromatic heterocycles. The summed E-state index contributed by atoms with van der Waals surface area (Å²) in [7, 11) is 0. The zero-order valence-corrected chi connectivity index (χ0v) is 20.8. The molecule has 5 rings (SSSR count). The first kappa shape index (κ1) is 24.0. The molecule has 0 bridgehead atoms. The molecule has 3 aliphatic rings. The van der Waals surface area contributed by atoms with Crippen LogP contribution in [0.25, 0.3) is 0 Å². The van der Waals surface area contributed by atoms with E-state index in [0.29, 0.717) is 35.6 Å². The van der Waals surface area contributed by atoms with E-state index in [2.05, 4.69) is 25.8 Å². The lowest BCUT2D eigenvalue weighted by atomic mass is 9.81. The number of amides is 1. The second kappa shape index (κ2) is 10.5. The fourth-order valence-electron chi connectivity index (χ4n) is 6.11. The number of nitrogens with zero attached hydrogens (tertiary/aromatic N) is 4. The number of halogens is 2. The second-order valence-corrected chi connectivity index (χ2v) is 10.7. The van der Waals surface area contributed by atoms with Crippen LogP contribution in [0.5, 0.6) is 0 Å². The first-order chi connectivity index (χ1) is 16.5. The van der Waals surface area contributed by atoms with Gasteiger partial charge in [0, 0.05) is 57.2 Å². The minimum Gasteiger partial charge on any atom is -0.392 e. The first-order valence-corrected chi connectivity index (χ1v) is 13.0. The van der Waals surface area contributed by atoms with Gasteiger partial charge in [-0.05, 0) is 48.6 Å². The Labute approximate surface area is 211 Å². The van der Waals surface area contributed by atoms with Crippen LogP contribution in [0.4, 0.5) is 0 Å². The largest absolute Gasteiger partial charge is 0.392 e. The summed E-state index contributed by atoms with van der Waals surface area (Å²) in [5.74, 6) is 0.140. The molecule has 34 heavy (non-hydrogen) atoms. The number of pyridine rings is 1. The lowest BCUT2D eigenvalue weighted by Gasteiger charge is -2.54. The molecule has 1 N–H and O–H groups in total. The Morgan fingerprint density at radius 2 is 1.88 bits per heavy atom. The maximum absolute atomic E-state index is 13.7. The number of likely N-dealkylation sites (tertiary alicyclic amines) is 1. The van der Waals surface area contributed by atoms with Crippen molar-refractivity contribution in [2.45, 2.75) is 62.9 Å². The van der Waals surface area contributed by atoms with Crippen molar-refractivity contribution in [1.29, 1.82) is 0 Å². The average molecular weight is 503 g/mol. The number of carbonyl (C=O) groups is 1. The van der Waals surface area contributed by atoms with Gasteiger partial charge < -0.3 is 10.0 Å². The van der Waals surface area contributed by atoms with Crippen molar-refractivity contribution < 1.29 is 9.90 Å². The predicted octanol–water partition coefficient (Wildman–Crippen LogP) is 3.63. The Morgan fingerprint density at radius 1 is 1.03 bits per heavy atom. The minimum absolute atomic E-state index is 0.111. The molecule has 2 aliphatic heterocycles. The fraction of sp³-hybridized carbons (Fsp3) is 0.538. The van der Waals surface area contributed by atoms with Crippen LogP contribution in [0.1, 0.15) is 36.8 Å². The molecule has 2 saturated heterocycles. The van der Waals surface area contributed by atoms with Gasteiger partial charge in [-0.25, -0.2) is 0 Å². The van der Waals surface area contributed by atoms with Crippen molar-refractivity contribution in [3.8, 4) is 0 Å². The Morgan fingerprint density at radius 3 is 2.62 bits per heavy atom. The third-order valence-electron chi connectivity index (χ3n) is 7.68. The maximum atomic E-state index is 13.7. The van der Waals surface area contributed by atoms with Crippen LogP contribution >= 0.6 is 23.2 Å². The summed E-state index contributed by atoms with van der Waals surface area (Å²) >= 11 is 12.3. The van der Waals surface area contributed by atoms with Crippen LogP contribution in [0.2, 0.25) is 10.0 Å². The summed E-state index contributed by atoms with van der Waals surface area (Å²) in [6, 6.07) is 10.2. The number of piperazine rings is 1. The third-order valence-corrected chi connectivity index (χ3v) is 8.42. The number of aliphatic hydroxyl groups is 1. The molecule has 3 fully saturated rings. The summed E-state index contributed by atoms with van der Waals surface area (Å²) in [5, 5.41) is 11.2. The van der Waals surface area contributed by atoms with Crippen molar-refractivity contribution in [2.24, 2.45) is 0 Å². The molecule has 4 atom stereocenters. The van der Waals surface area contributed by atoms with Gasteiger partial charge in [-0.3, -0.25) is 19.6 Å². The Hall–Kier alpha value is -1.70. The number of hydrogen-bond donors (Lipinski definition) is 1. The molecule has 1 aliphatic carbocycles. The van der Waals surface area contributed by atoms with E-state index in [1.807, 2.05) is 18.3 Å². The molecule has 0 spiro atoms. The number of hydrogen-bond acceptors (Lipinski definition) is 5. The predicted molar refractivity (Wildman–Crippen MR) is 134 cm³/mol. The highest BCUT2D eigenvalue weighted by molar-refractivity contribution is 6.42. The first-order valence-electron chi connectivity index (χ1n) is 12.3. The van der Waals surface area contributed by atoms with E-state index < -0.39 is 0 Å². The molecule has 3 heterocycles. The number of aliphatic hydroxyl groups excluding tert-OH is 1. The zero-order chi connectivity index (χ0) is 23.7. The lowest BCUT2D eigenvalue weighted by Crippen LogP contribution is -2.68. The van der Waals surface area contributed by atoms with Gasteiger partial charge in [-0.1, -0.05) is 41.8 Å². The standard InChI is InChI=1S/C26H32Cl2N4O2/c27-21-7-6-18(13-22(21)28)14-25(34)32-12-11-31(16-19-3-2-9-29-15-19)24-5-1-4-23(26(24)32)30-10-8-20(33)17-30/h2-3,6-7,9,13,15,20,23-24,26,33H,1,4-5,8,10-12,14,16-17H2/t20?,23-,24+,26+/m1/s1. The summed E-state index contributed by atoms with van der Waals surface area (Å²) in [4.78, 5) is 25.1. The van der Waals surface area contributed by atoms with Crippen LogP contribution in [0.15, 0.2) is 42.7 Å². The summed E-state index contributed by atoms with van der Waals surface area (Å²) in [5.41, 5.74) is 2.09. The minimum atomic E-state index is -0.268. The zero-order valence-electron chi connectivity index (χ0n) is 19.3. The Kier molecular flexibility index (Phi) is 7.42. The molecule has 0 radical (unpaired) electrons. The van der Waals surface area contributed by atoms with Gasteiger partial charge in [0.1, 0.15) is 0 Å². The van der Waals surface area contributed by atoms with Crippen molar-refractivity contribution >= 4 is 29.1 Å². The number of benzene rings is 1. The van der Waals surface area contributed by atoms with Crippen LogP contribution in [0.3, 0.4) is 0 Å². The molecular formula is C26H32Cl2N4O2. The second-order valence-electron chi connectivity index (χ2n) is 9.84. The topological polar surface area (TPSA) is 59.9 Å². The Balaban J connectivity index is 1.40. The molecule has 1 unspecified atom stereocenters. The van der Waals surface area contributed by atoms with Crippen LogP contribution in [0, 0.1) is 0 Å². The number of β-amino-alcohol motifs (C(OH)–C–C–N with tert-alkyl or cyclic N) is 1. The van der Waals surface area contributed by atoms with Gasteiger partial charge in [-0.15, -0.1) is 0 Å². The van der Waals surface area contributed by atoms with Crippen LogP contribution < -0.4 is 0 Å². The fourth-order valence-corrected chi connectivity index (χ4v) is 6.43. The molecule has 1 aromatic carbocycles. The summed E-state index contributed by atoms with van der Waals surface area (Å²) < 4.78 is 0. The van der Waals surface area contributed by atoms with E-state index in [4.69, 9.17) is 23.2 Å². The van der Waals surface area contributed by atoms with Crippen molar-refractivity contribution in [3.63, 3.8) is 0 Å². The highest BCUT2D eigenvalue weighted by Gasteiger charge is 2.47. The highest BCUT2D eigenvalue weighted by atomic mass is 35.5. The van der Waals surface area contributed by atoms with Crippen molar-refractivity contribution in [3.05, 3.63) is 63.9 Å². The molecule has 8 heteroatoms. The van der Waals surface area contributed by atoms with Gasteiger partial charge in [0.05, 0.1) is 28.6 Å². The molecular weight excluding hydrogens is 471 g/mol. The van der Waals surface area contributed by atoms with Gasteiger partial charge in [0.25, 0.3) is 0 Å². The maximum Gasteiger partial charge on any atom is 0.227 e. The Bertz CT molecular complexity index is 1010. The van der Waals surface area contributed by atoms with E-state index in [1.54, 1.807) is 18.3 Å². The monoisotopic (exact) mass is 502 g/mol. The summed E-state index contributed by atoms with van der Waals surface area (Å²) in [6.45, 7) is 3.99. The highest BCUT2D eigenvalue weighted by Crippen LogP contribution is 2.36. The van der Waals surface area contributed by atoms with E-state index in [0.717, 1.165) is 50.9 Å². The van der Waals surface area contributed by atoms with E-state index in [9.17, 15) is 9.90 Å².